The topological polar surface area (TPSA) is 17.1 Å². The summed E-state index contributed by atoms with van der Waals surface area (Å²) in [4.78, 5) is 10.8. The number of hydrogen-bond donors (Lipinski definition) is 0. The lowest BCUT2D eigenvalue weighted by Crippen LogP contribution is -2.26. The van der Waals surface area contributed by atoms with Gasteiger partial charge in [-0.3, -0.25) is 4.39 Å². The highest BCUT2D eigenvalue weighted by Gasteiger charge is 2.39. The van der Waals surface area contributed by atoms with E-state index in [1.54, 1.807) is 0 Å². The van der Waals surface area contributed by atoms with Gasteiger partial charge in [-0.1, -0.05) is 13.3 Å². The SMILES string of the molecule is CC1CCCC1(C=O)CCF. The van der Waals surface area contributed by atoms with Gasteiger partial charge in [0.15, 0.2) is 0 Å². The molecule has 11 heavy (non-hydrogen) atoms. The molecule has 0 aliphatic heterocycles. The second-order valence-electron chi connectivity index (χ2n) is 3.58. The van der Waals surface area contributed by atoms with Crippen LogP contribution in [0, 0.1) is 11.3 Å². The summed E-state index contributed by atoms with van der Waals surface area (Å²) < 4.78 is 12.1. The van der Waals surface area contributed by atoms with Crippen LogP contribution >= 0.6 is 0 Å². The van der Waals surface area contributed by atoms with Crippen LogP contribution in [-0.2, 0) is 4.79 Å². The Labute approximate surface area is 67.0 Å². The Morgan fingerprint density at radius 3 is 2.82 bits per heavy atom. The van der Waals surface area contributed by atoms with E-state index in [0.29, 0.717) is 12.3 Å². The predicted molar refractivity (Wildman–Crippen MR) is 42.1 cm³/mol. The summed E-state index contributed by atoms with van der Waals surface area (Å²) in [5.74, 6) is 0.385. The Morgan fingerprint density at radius 2 is 2.45 bits per heavy atom. The van der Waals surface area contributed by atoms with Crippen molar-refractivity contribution in [2.75, 3.05) is 6.67 Å². The van der Waals surface area contributed by atoms with Gasteiger partial charge >= 0.3 is 0 Å². The highest BCUT2D eigenvalue weighted by molar-refractivity contribution is 5.60. The summed E-state index contributed by atoms with van der Waals surface area (Å²) in [6.07, 6.45) is 4.46. The molecule has 0 aromatic rings. The summed E-state index contributed by atoms with van der Waals surface area (Å²) in [5.41, 5.74) is -0.311. The Bertz CT molecular complexity index is 146. The number of carbonyl (C=O) groups is 1. The van der Waals surface area contributed by atoms with Gasteiger partial charge in [-0.25, -0.2) is 0 Å². The minimum absolute atomic E-state index is 0.311. The molecule has 0 aromatic heterocycles. The summed E-state index contributed by atoms with van der Waals surface area (Å²) in [6.45, 7) is 1.69. The van der Waals surface area contributed by atoms with Crippen molar-refractivity contribution < 1.29 is 9.18 Å². The van der Waals surface area contributed by atoms with Crippen LogP contribution in [0.15, 0.2) is 0 Å². The van der Waals surface area contributed by atoms with E-state index < -0.39 is 0 Å². The van der Waals surface area contributed by atoms with Gasteiger partial charge in [0.2, 0.25) is 0 Å². The molecule has 0 radical (unpaired) electrons. The highest BCUT2D eigenvalue weighted by Crippen LogP contribution is 2.44. The molecule has 0 heterocycles. The molecule has 1 aliphatic carbocycles. The second-order valence-corrected chi connectivity index (χ2v) is 3.58. The lowest BCUT2D eigenvalue weighted by atomic mass is 9.78. The molecule has 0 aromatic carbocycles. The molecular formula is C9H15FO. The third-order valence-corrected chi connectivity index (χ3v) is 3.06. The van der Waals surface area contributed by atoms with Crippen molar-refractivity contribution in [3.63, 3.8) is 0 Å². The van der Waals surface area contributed by atoms with E-state index in [2.05, 4.69) is 6.92 Å². The Kier molecular flexibility index (Phi) is 2.63. The van der Waals surface area contributed by atoms with E-state index in [4.69, 9.17) is 0 Å². The molecule has 1 saturated carbocycles. The minimum atomic E-state index is -0.358. The molecule has 2 atom stereocenters. The molecule has 0 saturated heterocycles. The normalized spacial score (nSPS) is 37.5. The first-order valence-electron chi connectivity index (χ1n) is 4.27. The van der Waals surface area contributed by atoms with Crippen LogP contribution in [0.4, 0.5) is 4.39 Å². The highest BCUT2D eigenvalue weighted by atomic mass is 19.1. The fourth-order valence-electron chi connectivity index (χ4n) is 2.05. The molecule has 0 amide bonds. The van der Waals surface area contributed by atoms with Gasteiger partial charge in [0, 0.05) is 5.41 Å². The van der Waals surface area contributed by atoms with E-state index in [9.17, 15) is 9.18 Å². The van der Waals surface area contributed by atoms with Crippen LogP contribution in [0.25, 0.3) is 0 Å². The molecule has 64 valence electrons. The number of carbonyl (C=O) groups excluding carboxylic acids is 1. The van der Waals surface area contributed by atoms with E-state index in [-0.39, 0.29) is 12.1 Å². The monoisotopic (exact) mass is 158 g/mol. The standard InChI is InChI=1S/C9H15FO/c1-8-3-2-4-9(8,7-11)5-6-10/h7-8H,2-6H2,1H3. The van der Waals surface area contributed by atoms with Gasteiger partial charge < -0.3 is 4.79 Å². The van der Waals surface area contributed by atoms with Crippen LogP contribution in [0.3, 0.4) is 0 Å². The number of hydrogen-bond acceptors (Lipinski definition) is 1. The largest absolute Gasteiger partial charge is 0.303 e. The van der Waals surface area contributed by atoms with Crippen molar-refractivity contribution >= 4 is 6.29 Å². The average Bonchev–Trinajstić information content (AvgIpc) is 2.35. The average molecular weight is 158 g/mol. The minimum Gasteiger partial charge on any atom is -0.303 e. The van der Waals surface area contributed by atoms with Crippen molar-refractivity contribution in [1.82, 2.24) is 0 Å². The second kappa shape index (κ2) is 3.33. The first-order valence-corrected chi connectivity index (χ1v) is 4.27. The van der Waals surface area contributed by atoms with Gasteiger partial charge in [0.25, 0.3) is 0 Å². The lowest BCUT2D eigenvalue weighted by molar-refractivity contribution is -0.118. The molecule has 1 aliphatic rings. The summed E-state index contributed by atoms with van der Waals surface area (Å²) in [6, 6.07) is 0. The maximum Gasteiger partial charge on any atom is 0.126 e. The van der Waals surface area contributed by atoms with Crippen molar-refractivity contribution in [3.05, 3.63) is 0 Å². The van der Waals surface area contributed by atoms with Gasteiger partial charge in [0.05, 0.1) is 6.67 Å². The maximum absolute atomic E-state index is 12.1. The molecule has 2 unspecified atom stereocenters. The molecule has 0 spiro atoms. The number of alkyl halides is 1. The molecule has 1 nitrogen and oxygen atoms in total. The van der Waals surface area contributed by atoms with Crippen molar-refractivity contribution in [3.8, 4) is 0 Å². The van der Waals surface area contributed by atoms with E-state index in [1.165, 1.54) is 0 Å². The van der Waals surface area contributed by atoms with Crippen LogP contribution in [-0.4, -0.2) is 13.0 Å². The molecular weight excluding hydrogens is 143 g/mol. The Balaban J connectivity index is 2.65. The Hall–Kier alpha value is -0.400. The van der Waals surface area contributed by atoms with Gasteiger partial charge in [0.1, 0.15) is 6.29 Å². The third kappa shape index (κ3) is 1.44. The zero-order valence-corrected chi connectivity index (χ0v) is 6.98. The number of aldehydes is 1. The van der Waals surface area contributed by atoms with Crippen LogP contribution in [0.5, 0.6) is 0 Å². The zero-order valence-electron chi connectivity index (χ0n) is 6.98. The van der Waals surface area contributed by atoms with E-state index in [0.717, 1.165) is 25.5 Å². The fraction of sp³-hybridized carbons (Fsp3) is 0.889. The third-order valence-electron chi connectivity index (χ3n) is 3.06. The molecule has 1 rings (SSSR count). The maximum atomic E-state index is 12.1. The summed E-state index contributed by atoms with van der Waals surface area (Å²) in [7, 11) is 0. The van der Waals surface area contributed by atoms with Crippen molar-refractivity contribution in [1.29, 1.82) is 0 Å². The fourth-order valence-corrected chi connectivity index (χ4v) is 2.05. The lowest BCUT2D eigenvalue weighted by Gasteiger charge is -2.25. The first kappa shape index (κ1) is 8.69. The summed E-state index contributed by atoms with van der Waals surface area (Å²) >= 11 is 0. The zero-order chi connectivity index (χ0) is 8.32. The van der Waals surface area contributed by atoms with Crippen molar-refractivity contribution in [2.45, 2.75) is 32.6 Å². The van der Waals surface area contributed by atoms with Crippen LogP contribution in [0.2, 0.25) is 0 Å². The number of halogens is 1. The van der Waals surface area contributed by atoms with Crippen LogP contribution < -0.4 is 0 Å². The Morgan fingerprint density at radius 1 is 1.73 bits per heavy atom. The predicted octanol–water partition coefficient (Wildman–Crippen LogP) is 2.35. The summed E-state index contributed by atoms with van der Waals surface area (Å²) in [5, 5.41) is 0. The van der Waals surface area contributed by atoms with E-state index in [1.807, 2.05) is 0 Å². The number of rotatable bonds is 3. The molecule has 0 bridgehead atoms. The van der Waals surface area contributed by atoms with Gasteiger partial charge in [-0.2, -0.15) is 0 Å². The van der Waals surface area contributed by atoms with Gasteiger partial charge in [-0.15, -0.1) is 0 Å². The quantitative estimate of drug-likeness (QED) is 0.576. The molecule has 0 N–H and O–H groups in total. The van der Waals surface area contributed by atoms with Crippen molar-refractivity contribution in [2.24, 2.45) is 11.3 Å². The van der Waals surface area contributed by atoms with Crippen LogP contribution in [0.1, 0.15) is 32.6 Å². The molecule has 2 heteroatoms. The van der Waals surface area contributed by atoms with E-state index >= 15 is 0 Å². The first-order chi connectivity index (χ1) is 5.25. The smallest absolute Gasteiger partial charge is 0.126 e. The van der Waals surface area contributed by atoms with Gasteiger partial charge in [-0.05, 0) is 25.2 Å². The molecule has 1 fully saturated rings.